The molecule has 1 aliphatic carbocycles. The van der Waals surface area contributed by atoms with Gasteiger partial charge in [0.15, 0.2) is 5.16 Å². The number of nitrogens with one attached hydrogen (secondary N) is 1. The lowest BCUT2D eigenvalue weighted by molar-refractivity contribution is -0.120. The average molecular weight is 379 g/mol. The number of benzene rings is 2. The summed E-state index contributed by atoms with van der Waals surface area (Å²) in [4.78, 5) is 17.4. The first-order valence-corrected chi connectivity index (χ1v) is 9.82. The lowest BCUT2D eigenvalue weighted by atomic mass is 10.1. The van der Waals surface area contributed by atoms with Gasteiger partial charge in [0.25, 0.3) is 0 Å². The third-order valence-electron chi connectivity index (χ3n) is 4.44. The number of nitrogens with zero attached hydrogens (tertiary/aromatic N) is 2. The van der Waals surface area contributed by atoms with Gasteiger partial charge in [0.05, 0.1) is 7.11 Å². The van der Waals surface area contributed by atoms with E-state index in [0.29, 0.717) is 6.04 Å². The zero-order chi connectivity index (χ0) is 18.6. The molecule has 0 spiro atoms. The predicted octanol–water partition coefficient (Wildman–Crippen LogP) is 3.99. The maximum atomic E-state index is 12.9. The first kappa shape index (κ1) is 17.7. The largest absolute Gasteiger partial charge is 0.497 e. The van der Waals surface area contributed by atoms with E-state index in [1.807, 2.05) is 65.4 Å². The summed E-state index contributed by atoms with van der Waals surface area (Å²) in [5.74, 6) is 0.844. The van der Waals surface area contributed by atoms with Crippen LogP contribution in [-0.2, 0) is 4.79 Å². The van der Waals surface area contributed by atoms with Gasteiger partial charge in [0.2, 0.25) is 5.91 Å². The Bertz CT molecular complexity index is 905. The van der Waals surface area contributed by atoms with E-state index in [4.69, 9.17) is 4.74 Å². The molecular formula is C21H21N3O2S. The molecule has 1 N–H and O–H groups in total. The molecule has 6 heteroatoms. The summed E-state index contributed by atoms with van der Waals surface area (Å²) < 4.78 is 7.22. The lowest BCUT2D eigenvalue weighted by Gasteiger charge is -2.17. The fraction of sp³-hybridized carbons (Fsp3) is 0.238. The SMILES string of the molecule is COc1ccc(-n2ccnc2SC(C(=O)NC2CC2)c2ccccc2)cc1. The fourth-order valence-electron chi connectivity index (χ4n) is 2.83. The van der Waals surface area contributed by atoms with Crippen LogP contribution in [0.1, 0.15) is 23.7 Å². The van der Waals surface area contributed by atoms with Gasteiger partial charge in [0.1, 0.15) is 11.0 Å². The van der Waals surface area contributed by atoms with Crippen molar-refractivity contribution in [3.8, 4) is 11.4 Å². The Labute approximate surface area is 162 Å². The maximum Gasteiger partial charge on any atom is 0.238 e. The van der Waals surface area contributed by atoms with Crippen LogP contribution in [-0.4, -0.2) is 28.6 Å². The Kier molecular flexibility index (Phi) is 5.16. The second-order valence-electron chi connectivity index (χ2n) is 6.47. The van der Waals surface area contributed by atoms with E-state index in [1.54, 1.807) is 13.3 Å². The molecule has 0 bridgehead atoms. The number of ether oxygens (including phenoxy) is 1. The molecule has 1 heterocycles. The number of rotatable bonds is 7. The molecule has 1 amide bonds. The fourth-order valence-corrected chi connectivity index (χ4v) is 3.91. The monoisotopic (exact) mass is 379 g/mol. The number of thioether (sulfide) groups is 1. The predicted molar refractivity (Wildman–Crippen MR) is 106 cm³/mol. The Morgan fingerprint density at radius 2 is 1.93 bits per heavy atom. The van der Waals surface area contributed by atoms with Crippen molar-refractivity contribution < 1.29 is 9.53 Å². The van der Waals surface area contributed by atoms with Crippen molar-refractivity contribution in [2.45, 2.75) is 29.3 Å². The topological polar surface area (TPSA) is 56.2 Å². The average Bonchev–Trinajstić information content (AvgIpc) is 3.40. The molecule has 4 rings (SSSR count). The van der Waals surface area contributed by atoms with E-state index in [9.17, 15) is 4.79 Å². The summed E-state index contributed by atoms with van der Waals surface area (Å²) in [5.41, 5.74) is 1.95. The third-order valence-corrected chi connectivity index (χ3v) is 5.68. The van der Waals surface area contributed by atoms with Gasteiger partial charge >= 0.3 is 0 Å². The summed E-state index contributed by atoms with van der Waals surface area (Å²) in [5, 5.41) is 3.56. The zero-order valence-corrected chi connectivity index (χ0v) is 15.9. The minimum Gasteiger partial charge on any atom is -0.497 e. The molecule has 1 fully saturated rings. The summed E-state index contributed by atoms with van der Waals surface area (Å²) in [7, 11) is 1.65. The van der Waals surface area contributed by atoms with Gasteiger partial charge in [-0.15, -0.1) is 0 Å². The second-order valence-corrected chi connectivity index (χ2v) is 7.54. The van der Waals surface area contributed by atoms with Crippen molar-refractivity contribution in [1.29, 1.82) is 0 Å². The zero-order valence-electron chi connectivity index (χ0n) is 15.0. The van der Waals surface area contributed by atoms with E-state index >= 15 is 0 Å². The van der Waals surface area contributed by atoms with E-state index in [1.165, 1.54) is 11.8 Å². The highest BCUT2D eigenvalue weighted by atomic mass is 32.2. The van der Waals surface area contributed by atoms with Crippen LogP contribution < -0.4 is 10.1 Å². The molecule has 3 aromatic rings. The van der Waals surface area contributed by atoms with Crippen LogP contribution >= 0.6 is 11.8 Å². The van der Waals surface area contributed by atoms with Gasteiger partial charge < -0.3 is 10.1 Å². The van der Waals surface area contributed by atoms with E-state index in [-0.39, 0.29) is 11.2 Å². The number of carbonyl (C=O) groups is 1. The number of methoxy groups -OCH3 is 1. The molecular weight excluding hydrogens is 358 g/mol. The molecule has 0 aliphatic heterocycles. The van der Waals surface area contributed by atoms with Crippen molar-refractivity contribution in [3.05, 3.63) is 72.6 Å². The Morgan fingerprint density at radius 1 is 1.19 bits per heavy atom. The van der Waals surface area contributed by atoms with Crippen LogP contribution in [0.2, 0.25) is 0 Å². The Hall–Kier alpha value is -2.73. The van der Waals surface area contributed by atoms with Gasteiger partial charge in [-0.25, -0.2) is 4.98 Å². The van der Waals surface area contributed by atoms with Crippen LogP contribution in [0.4, 0.5) is 0 Å². The summed E-state index contributed by atoms with van der Waals surface area (Å²) in [6, 6.07) is 18.0. The van der Waals surface area contributed by atoms with Crippen LogP contribution in [0, 0.1) is 0 Å². The van der Waals surface area contributed by atoms with Crippen molar-refractivity contribution in [1.82, 2.24) is 14.9 Å². The molecule has 1 saturated carbocycles. The van der Waals surface area contributed by atoms with Gasteiger partial charge in [0, 0.05) is 24.1 Å². The number of hydrogen-bond acceptors (Lipinski definition) is 4. The van der Waals surface area contributed by atoms with Crippen molar-refractivity contribution in [3.63, 3.8) is 0 Å². The summed E-state index contributed by atoms with van der Waals surface area (Å²) >= 11 is 1.47. The van der Waals surface area contributed by atoms with Crippen LogP contribution in [0.15, 0.2) is 72.1 Å². The van der Waals surface area contributed by atoms with Crippen LogP contribution in [0.3, 0.4) is 0 Å². The standard InChI is InChI=1S/C21H21N3O2S/c1-26-18-11-9-17(10-12-18)24-14-13-22-21(24)27-19(15-5-3-2-4-6-15)20(25)23-16-7-8-16/h2-6,9-14,16,19H,7-8H2,1H3,(H,23,25). The highest BCUT2D eigenvalue weighted by Crippen LogP contribution is 2.36. The second kappa shape index (κ2) is 7.88. The molecule has 27 heavy (non-hydrogen) atoms. The molecule has 5 nitrogen and oxygen atoms in total. The molecule has 1 atom stereocenters. The molecule has 1 aliphatic rings. The minimum atomic E-state index is -0.341. The number of imidazole rings is 1. The third kappa shape index (κ3) is 4.17. The van der Waals surface area contributed by atoms with E-state index in [2.05, 4.69) is 10.3 Å². The van der Waals surface area contributed by atoms with Crippen LogP contribution in [0.5, 0.6) is 5.75 Å². The summed E-state index contributed by atoms with van der Waals surface area (Å²) in [6.07, 6.45) is 5.80. The highest BCUT2D eigenvalue weighted by Gasteiger charge is 2.30. The quantitative estimate of drug-likeness (QED) is 0.631. The molecule has 1 unspecified atom stereocenters. The Morgan fingerprint density at radius 3 is 2.59 bits per heavy atom. The Balaban J connectivity index is 1.61. The van der Waals surface area contributed by atoms with Crippen molar-refractivity contribution >= 4 is 17.7 Å². The van der Waals surface area contributed by atoms with Gasteiger partial charge in [-0.05, 0) is 42.7 Å². The highest BCUT2D eigenvalue weighted by molar-refractivity contribution is 8.00. The maximum absolute atomic E-state index is 12.9. The molecule has 2 aromatic carbocycles. The van der Waals surface area contributed by atoms with Crippen molar-refractivity contribution in [2.75, 3.05) is 7.11 Å². The van der Waals surface area contributed by atoms with E-state index in [0.717, 1.165) is 35.0 Å². The molecule has 138 valence electrons. The lowest BCUT2D eigenvalue weighted by Crippen LogP contribution is -2.29. The smallest absolute Gasteiger partial charge is 0.238 e. The molecule has 0 saturated heterocycles. The number of aromatic nitrogens is 2. The molecule has 1 aromatic heterocycles. The number of carbonyl (C=O) groups excluding carboxylic acids is 1. The summed E-state index contributed by atoms with van der Waals surface area (Å²) in [6.45, 7) is 0. The van der Waals surface area contributed by atoms with E-state index < -0.39 is 0 Å². The van der Waals surface area contributed by atoms with Gasteiger partial charge in [-0.2, -0.15) is 0 Å². The van der Waals surface area contributed by atoms with Crippen LogP contribution in [0.25, 0.3) is 5.69 Å². The van der Waals surface area contributed by atoms with Gasteiger partial charge in [-0.1, -0.05) is 42.1 Å². The minimum absolute atomic E-state index is 0.0398. The normalized spacial score (nSPS) is 14.6. The molecule has 0 radical (unpaired) electrons. The first-order valence-electron chi connectivity index (χ1n) is 8.94. The number of hydrogen-bond donors (Lipinski definition) is 1. The van der Waals surface area contributed by atoms with Crippen molar-refractivity contribution in [2.24, 2.45) is 0 Å². The first-order chi connectivity index (χ1) is 13.2. The van der Waals surface area contributed by atoms with Gasteiger partial charge in [-0.3, -0.25) is 9.36 Å². The number of amides is 1.